The molecule has 0 saturated carbocycles. The van der Waals surface area contributed by atoms with Gasteiger partial charge in [-0.2, -0.15) is 13.2 Å². The predicted octanol–water partition coefficient (Wildman–Crippen LogP) is 6.48. The number of rotatable bonds is 7. The van der Waals surface area contributed by atoms with Crippen LogP contribution in [0.15, 0.2) is 71.8 Å². The number of alkyl halides is 3. The number of imidazole rings is 1. The Morgan fingerprint density at radius 2 is 1.62 bits per heavy atom. The maximum absolute atomic E-state index is 14.8. The molecule has 0 radical (unpaired) electrons. The molecule has 4 aromatic rings. The lowest BCUT2D eigenvalue weighted by atomic mass is 10.0. The minimum Gasteiger partial charge on any atom is -0.384 e. The van der Waals surface area contributed by atoms with Gasteiger partial charge in [-0.3, -0.25) is 0 Å². The number of sulfone groups is 1. The van der Waals surface area contributed by atoms with Gasteiger partial charge in [0.2, 0.25) is 0 Å². The van der Waals surface area contributed by atoms with Crippen LogP contribution in [-0.2, 0) is 34.5 Å². The molecule has 0 spiro atoms. The van der Waals surface area contributed by atoms with Gasteiger partial charge < -0.3 is 9.67 Å². The van der Waals surface area contributed by atoms with Crippen LogP contribution in [0.4, 0.5) is 17.6 Å². The molecule has 39 heavy (non-hydrogen) atoms. The minimum atomic E-state index is -4.54. The third-order valence-corrected chi connectivity index (χ3v) is 7.63. The van der Waals surface area contributed by atoms with Crippen LogP contribution < -0.4 is 0 Å². The smallest absolute Gasteiger partial charge is 0.384 e. The fourth-order valence-corrected chi connectivity index (χ4v) is 5.48. The van der Waals surface area contributed by atoms with Crippen LogP contribution in [0.2, 0.25) is 0 Å². The Kier molecular flexibility index (Phi) is 7.48. The van der Waals surface area contributed by atoms with E-state index in [9.17, 15) is 31.1 Å². The topological polar surface area (TPSA) is 72.2 Å². The molecule has 0 aliphatic carbocycles. The number of hydrogen-bond donors (Lipinski definition) is 1. The van der Waals surface area contributed by atoms with Gasteiger partial charge in [-0.1, -0.05) is 37.3 Å². The van der Waals surface area contributed by atoms with E-state index >= 15 is 0 Å². The average Bonchev–Trinajstić information content (AvgIpc) is 3.27. The summed E-state index contributed by atoms with van der Waals surface area (Å²) in [7, 11) is -3.67. The Balaban J connectivity index is 1.78. The Morgan fingerprint density at radius 1 is 0.974 bits per heavy atom. The van der Waals surface area contributed by atoms with Crippen LogP contribution in [0.5, 0.6) is 0 Å². The molecule has 0 aliphatic heterocycles. The summed E-state index contributed by atoms with van der Waals surface area (Å²) in [6.45, 7) is 4.74. The Labute approximate surface area is 224 Å². The van der Waals surface area contributed by atoms with Gasteiger partial charge in [0.15, 0.2) is 9.84 Å². The van der Waals surface area contributed by atoms with Gasteiger partial charge in [-0.25, -0.2) is 17.8 Å². The van der Waals surface area contributed by atoms with Crippen LogP contribution >= 0.6 is 0 Å². The predicted molar refractivity (Wildman–Crippen MR) is 141 cm³/mol. The van der Waals surface area contributed by atoms with E-state index in [2.05, 4.69) is 4.98 Å². The SMILES string of the molecule is CCc1c(F)cc(-c2ccc(-n3cc(C(C)(C)O)nc3Cc3ccccc3C(F)(F)F)cc2)cc1S(C)(=O)=O. The van der Waals surface area contributed by atoms with Gasteiger partial charge in [0.05, 0.1) is 16.2 Å². The van der Waals surface area contributed by atoms with Gasteiger partial charge in [-0.15, -0.1) is 0 Å². The molecular formula is C29H28F4N2O3S. The van der Waals surface area contributed by atoms with Crippen molar-refractivity contribution in [3.05, 3.63) is 101 Å². The standard InChI is InChI=1S/C29H28F4N2O3S/c1-5-22-24(30)14-20(15-25(22)39(4,37)38)18-10-12-21(13-11-18)35-17-26(28(2,3)36)34-27(35)16-19-8-6-7-9-23(19)29(31,32)33/h6-15,17,36H,5,16H2,1-4H3. The molecule has 0 amide bonds. The van der Waals surface area contributed by atoms with Crippen molar-refractivity contribution in [3.8, 4) is 16.8 Å². The quantitative estimate of drug-likeness (QED) is 0.263. The number of nitrogens with zero attached hydrogens (tertiary/aromatic N) is 2. The normalized spacial score (nSPS) is 12.6. The lowest BCUT2D eigenvalue weighted by Gasteiger charge is -2.14. The summed E-state index contributed by atoms with van der Waals surface area (Å²) in [6, 6.07) is 14.7. The van der Waals surface area contributed by atoms with Gasteiger partial charge in [0.1, 0.15) is 17.2 Å². The van der Waals surface area contributed by atoms with E-state index in [1.54, 1.807) is 42.0 Å². The number of benzene rings is 3. The van der Waals surface area contributed by atoms with Crippen LogP contribution in [0, 0.1) is 5.82 Å². The maximum Gasteiger partial charge on any atom is 0.416 e. The first kappa shape index (κ1) is 28.5. The third kappa shape index (κ3) is 6.07. The molecule has 5 nitrogen and oxygen atoms in total. The van der Waals surface area contributed by atoms with Crippen LogP contribution in [-0.4, -0.2) is 29.3 Å². The van der Waals surface area contributed by atoms with Crippen molar-refractivity contribution in [2.75, 3.05) is 6.26 Å². The largest absolute Gasteiger partial charge is 0.416 e. The number of hydrogen-bond acceptors (Lipinski definition) is 4. The van der Waals surface area contributed by atoms with Crippen molar-refractivity contribution in [3.63, 3.8) is 0 Å². The second kappa shape index (κ2) is 10.2. The second-order valence-corrected chi connectivity index (χ2v) is 11.9. The molecule has 1 aromatic heterocycles. The van der Waals surface area contributed by atoms with Crippen molar-refractivity contribution >= 4 is 9.84 Å². The first-order chi connectivity index (χ1) is 18.1. The number of aliphatic hydroxyl groups is 1. The van der Waals surface area contributed by atoms with Crippen molar-refractivity contribution < 1.29 is 31.1 Å². The van der Waals surface area contributed by atoms with E-state index in [4.69, 9.17) is 0 Å². The summed E-state index contributed by atoms with van der Waals surface area (Å²) in [5.74, 6) is -0.330. The highest BCUT2D eigenvalue weighted by Gasteiger charge is 2.33. The van der Waals surface area contributed by atoms with E-state index in [-0.39, 0.29) is 40.4 Å². The summed E-state index contributed by atoms with van der Waals surface area (Å²) in [6.07, 6.45) is -1.86. The Bertz CT molecular complexity index is 1620. The zero-order valence-electron chi connectivity index (χ0n) is 21.8. The van der Waals surface area contributed by atoms with Crippen molar-refractivity contribution in [1.82, 2.24) is 9.55 Å². The molecular weight excluding hydrogens is 532 g/mol. The molecule has 0 atom stereocenters. The highest BCUT2D eigenvalue weighted by atomic mass is 32.2. The number of aromatic nitrogens is 2. The monoisotopic (exact) mass is 560 g/mol. The van der Waals surface area contributed by atoms with Crippen molar-refractivity contribution in [1.29, 1.82) is 0 Å². The van der Waals surface area contributed by atoms with E-state index in [1.165, 1.54) is 44.2 Å². The minimum absolute atomic E-state index is 0.0376. The summed E-state index contributed by atoms with van der Waals surface area (Å²) >= 11 is 0. The molecule has 1 N–H and O–H groups in total. The van der Waals surface area contributed by atoms with E-state index in [0.29, 0.717) is 16.8 Å². The molecule has 0 aliphatic rings. The first-order valence-corrected chi connectivity index (χ1v) is 14.1. The zero-order valence-corrected chi connectivity index (χ0v) is 22.7. The summed E-state index contributed by atoms with van der Waals surface area (Å²) < 4.78 is 81.8. The van der Waals surface area contributed by atoms with Crippen molar-refractivity contribution in [2.24, 2.45) is 0 Å². The van der Waals surface area contributed by atoms with Gasteiger partial charge in [0, 0.05) is 30.1 Å². The fourth-order valence-electron chi connectivity index (χ4n) is 4.45. The molecule has 0 saturated heterocycles. The molecule has 0 unspecified atom stereocenters. The van der Waals surface area contributed by atoms with E-state index < -0.39 is 33.0 Å². The van der Waals surface area contributed by atoms with Gasteiger partial charge >= 0.3 is 6.18 Å². The summed E-state index contributed by atoms with van der Waals surface area (Å²) in [5.41, 5.74) is -0.190. The first-order valence-electron chi connectivity index (χ1n) is 12.2. The molecule has 4 rings (SSSR count). The fraction of sp³-hybridized carbons (Fsp3) is 0.276. The third-order valence-electron chi connectivity index (χ3n) is 6.46. The van der Waals surface area contributed by atoms with Gasteiger partial charge in [-0.05, 0) is 67.3 Å². The lowest BCUT2D eigenvalue weighted by Crippen LogP contribution is -2.16. The number of halogens is 4. The summed E-state index contributed by atoms with van der Waals surface area (Å²) in [4.78, 5) is 4.39. The van der Waals surface area contributed by atoms with Crippen LogP contribution in [0.3, 0.4) is 0 Å². The second-order valence-electron chi connectivity index (χ2n) is 9.91. The lowest BCUT2D eigenvalue weighted by molar-refractivity contribution is -0.138. The molecule has 206 valence electrons. The molecule has 0 bridgehead atoms. The van der Waals surface area contributed by atoms with Crippen LogP contribution in [0.1, 0.15) is 49.0 Å². The van der Waals surface area contributed by atoms with Gasteiger partial charge in [0.25, 0.3) is 0 Å². The molecule has 0 fully saturated rings. The molecule has 3 aromatic carbocycles. The zero-order chi connectivity index (χ0) is 28.8. The average molecular weight is 561 g/mol. The molecule has 1 heterocycles. The Morgan fingerprint density at radius 3 is 2.18 bits per heavy atom. The van der Waals surface area contributed by atoms with Crippen molar-refractivity contribution in [2.45, 2.75) is 50.3 Å². The van der Waals surface area contributed by atoms with Crippen LogP contribution in [0.25, 0.3) is 16.8 Å². The summed E-state index contributed by atoms with van der Waals surface area (Å²) in [5, 5.41) is 10.5. The molecule has 10 heteroatoms. The highest BCUT2D eigenvalue weighted by Crippen LogP contribution is 2.34. The Hall–Kier alpha value is -3.50. The maximum atomic E-state index is 14.8. The highest BCUT2D eigenvalue weighted by molar-refractivity contribution is 7.90. The van der Waals surface area contributed by atoms with E-state index in [0.717, 1.165) is 12.3 Å². The van der Waals surface area contributed by atoms with E-state index in [1.807, 2.05) is 0 Å².